The van der Waals surface area contributed by atoms with Crippen LogP contribution < -0.4 is 9.47 Å². The summed E-state index contributed by atoms with van der Waals surface area (Å²) in [4.78, 5) is 0.223. The van der Waals surface area contributed by atoms with Gasteiger partial charge in [0.15, 0.2) is 11.5 Å². The highest BCUT2D eigenvalue weighted by molar-refractivity contribution is 5.49. The Labute approximate surface area is 173 Å². The van der Waals surface area contributed by atoms with Gasteiger partial charge in [-0.1, -0.05) is 20.6 Å². The third kappa shape index (κ3) is 3.40. The molecule has 2 aliphatic heterocycles. The van der Waals surface area contributed by atoms with Gasteiger partial charge >= 0.3 is 0 Å². The minimum Gasteiger partial charge on any atom is -0.493 e. The Kier molecular flexibility index (Phi) is 1.47. The Morgan fingerprint density at radius 2 is 2.12 bits per heavy atom. The van der Waals surface area contributed by atoms with Crippen molar-refractivity contribution < 1.29 is 42.0 Å². The summed E-state index contributed by atoms with van der Waals surface area (Å²) in [5.41, 5.74) is -4.32. The highest BCUT2D eigenvalue weighted by Gasteiger charge is 2.39. The lowest BCUT2D eigenvalue weighted by molar-refractivity contribution is -0.0259. The molecular formula is C20H31NO3. The van der Waals surface area contributed by atoms with Crippen molar-refractivity contribution in [2.45, 2.75) is 51.9 Å². The lowest BCUT2D eigenvalue weighted by Gasteiger charge is -2.47. The molecule has 0 amide bonds. The van der Waals surface area contributed by atoms with E-state index in [1.165, 1.54) is 0 Å². The Morgan fingerprint density at radius 3 is 2.83 bits per heavy atom. The van der Waals surface area contributed by atoms with Crippen molar-refractivity contribution in [3.8, 4) is 11.5 Å². The summed E-state index contributed by atoms with van der Waals surface area (Å²) in [6.45, 7) is -13.6. The molecule has 134 valence electrons. The van der Waals surface area contributed by atoms with E-state index in [1.807, 2.05) is 0 Å². The number of benzene rings is 1. The van der Waals surface area contributed by atoms with Crippen LogP contribution >= 0.6 is 0 Å². The number of nitrogens with zero attached hydrogens (tertiary/aromatic N) is 1. The van der Waals surface area contributed by atoms with Crippen LogP contribution in [-0.2, 0) is 6.37 Å². The first kappa shape index (κ1) is 5.37. The second kappa shape index (κ2) is 6.57. The van der Waals surface area contributed by atoms with E-state index < -0.39 is 100 Å². The second-order valence-corrected chi connectivity index (χ2v) is 5.89. The molecule has 1 aromatic carbocycles. The Morgan fingerprint density at radius 1 is 1.38 bits per heavy atom. The SMILES string of the molecule is [2H]C([2H])([2H])Oc1cc2c(cc1OC([2H])([2H])[2H])C([2H])([2H])C([2H])([2H])N1C2CC(O)C(C([2H])([2H])C(C)(C([2H])([2H])[2H])C([2H])([2H])[2H])C1([2H])[2H]. The summed E-state index contributed by atoms with van der Waals surface area (Å²) in [5.74, 6) is -4.17. The number of aryl methyl sites for hydroxylation is 1. The maximum atomic E-state index is 11.3. The van der Waals surface area contributed by atoms with Gasteiger partial charge in [0.05, 0.1) is 28.4 Å². The van der Waals surface area contributed by atoms with Crippen LogP contribution in [0, 0.1) is 11.3 Å². The molecule has 0 spiro atoms. The highest BCUT2D eigenvalue weighted by atomic mass is 16.5. The van der Waals surface area contributed by atoms with Crippen LogP contribution in [0.15, 0.2) is 12.1 Å². The van der Waals surface area contributed by atoms with Gasteiger partial charge in [-0.3, -0.25) is 4.90 Å². The van der Waals surface area contributed by atoms with E-state index in [2.05, 4.69) is 0 Å². The predicted octanol–water partition coefficient (Wildman–Crippen LogP) is 3.42. The summed E-state index contributed by atoms with van der Waals surface area (Å²) in [5, 5.41) is 11.3. The van der Waals surface area contributed by atoms with Crippen LogP contribution in [0.2, 0.25) is 0 Å². The number of ether oxygens (including phenoxy) is 2. The van der Waals surface area contributed by atoms with Gasteiger partial charge in [0, 0.05) is 38.2 Å². The topological polar surface area (TPSA) is 41.9 Å². The summed E-state index contributed by atoms with van der Waals surface area (Å²) in [6.07, 6.45) is -9.93. The molecule has 0 saturated carbocycles. The van der Waals surface area contributed by atoms with Gasteiger partial charge in [-0.05, 0) is 53.8 Å². The van der Waals surface area contributed by atoms with Crippen LogP contribution in [0.3, 0.4) is 0 Å². The first-order chi connectivity index (χ1) is 19.2. The number of piperidine rings is 1. The van der Waals surface area contributed by atoms with Gasteiger partial charge < -0.3 is 14.6 Å². The molecular weight excluding hydrogens is 302 g/mol. The molecule has 2 heterocycles. The zero-order valence-corrected chi connectivity index (χ0v) is 12.8. The average Bonchev–Trinajstić information content (AvgIpc) is 2.73. The number of aliphatic hydroxyl groups excluding tert-OH is 1. The van der Waals surface area contributed by atoms with Crippen molar-refractivity contribution in [3.63, 3.8) is 0 Å². The van der Waals surface area contributed by atoms with E-state index in [1.54, 1.807) is 0 Å². The van der Waals surface area contributed by atoms with E-state index in [9.17, 15) is 5.11 Å². The van der Waals surface area contributed by atoms with Crippen molar-refractivity contribution in [3.05, 3.63) is 23.3 Å². The van der Waals surface area contributed by atoms with Crippen molar-refractivity contribution in [2.75, 3.05) is 27.1 Å². The molecule has 2 aliphatic rings. The first-order valence-electron chi connectivity index (χ1n) is 17.2. The fourth-order valence-corrected chi connectivity index (χ4v) is 2.85. The number of hydrogen-bond donors (Lipinski definition) is 1. The minimum atomic E-state index is -3.62. The maximum absolute atomic E-state index is 11.3. The van der Waals surface area contributed by atoms with Crippen LogP contribution in [-0.4, -0.2) is 43.2 Å². The van der Waals surface area contributed by atoms with E-state index >= 15 is 0 Å². The monoisotopic (exact) mass is 353 g/mol. The molecule has 1 aromatic rings. The summed E-state index contributed by atoms with van der Waals surface area (Å²) < 4.78 is 172. The van der Waals surface area contributed by atoms with Crippen molar-refractivity contribution in [2.24, 2.45) is 11.3 Å². The molecule has 1 saturated heterocycles. The Hall–Kier alpha value is -1.26. The molecule has 0 bridgehead atoms. The van der Waals surface area contributed by atoms with Crippen LogP contribution in [0.4, 0.5) is 0 Å². The van der Waals surface area contributed by atoms with Gasteiger partial charge in [-0.15, -0.1) is 0 Å². The number of hydrogen-bond acceptors (Lipinski definition) is 4. The van der Waals surface area contributed by atoms with Gasteiger partial charge in [0.1, 0.15) is 0 Å². The molecule has 4 heteroatoms. The van der Waals surface area contributed by atoms with E-state index in [0.717, 1.165) is 6.07 Å². The highest BCUT2D eigenvalue weighted by Crippen LogP contribution is 2.44. The fourth-order valence-electron chi connectivity index (χ4n) is 2.85. The summed E-state index contributed by atoms with van der Waals surface area (Å²) >= 11 is 0. The van der Waals surface area contributed by atoms with Crippen molar-refractivity contribution >= 4 is 0 Å². The first-order valence-corrected chi connectivity index (χ1v) is 7.20. The molecule has 1 N–H and O–H groups in total. The van der Waals surface area contributed by atoms with Gasteiger partial charge in [0.2, 0.25) is 0 Å². The van der Waals surface area contributed by atoms with Crippen LogP contribution in [0.5, 0.6) is 11.5 Å². The largest absolute Gasteiger partial charge is 0.493 e. The molecule has 0 aliphatic carbocycles. The second-order valence-electron chi connectivity index (χ2n) is 5.89. The predicted molar refractivity (Wildman–Crippen MR) is 95.7 cm³/mol. The van der Waals surface area contributed by atoms with Crippen molar-refractivity contribution in [1.82, 2.24) is 4.90 Å². The molecule has 3 unspecified atom stereocenters. The standard InChI is InChI=1S/C20H31NO3/c1-20(2,3)11-14-12-21-7-6-13-8-18(23-4)19(24-5)9-15(13)16(21)10-17(14)22/h8-9,14,16-17,22H,6-7,10-12H2,1-5H3/i1D3,2D3,4D3,5D3,6D2,7D2,11D2,12D2. The smallest absolute Gasteiger partial charge is 0.161 e. The zero-order valence-electron chi connectivity index (χ0n) is 32.8. The molecule has 1 fully saturated rings. The van der Waals surface area contributed by atoms with E-state index in [0.29, 0.717) is 13.0 Å². The summed E-state index contributed by atoms with van der Waals surface area (Å²) in [7, 11) is -6.41. The third-order valence-corrected chi connectivity index (χ3v) is 3.89. The Bertz CT molecular complexity index is 1250. The van der Waals surface area contributed by atoms with Gasteiger partial charge in [-0.2, -0.15) is 0 Å². The molecule has 4 nitrogen and oxygen atoms in total. The number of methoxy groups -OCH3 is 2. The Balaban J connectivity index is 2.35. The lowest BCUT2D eigenvalue weighted by Crippen LogP contribution is -2.48. The lowest BCUT2D eigenvalue weighted by atomic mass is 9.75. The van der Waals surface area contributed by atoms with Crippen LogP contribution in [0.1, 0.15) is 78.0 Å². The van der Waals surface area contributed by atoms with Crippen molar-refractivity contribution in [1.29, 1.82) is 0 Å². The molecule has 0 radical (unpaired) electrons. The van der Waals surface area contributed by atoms with Gasteiger partial charge in [0.25, 0.3) is 0 Å². The number of rotatable bonds is 3. The third-order valence-electron chi connectivity index (χ3n) is 3.89. The quantitative estimate of drug-likeness (QED) is 0.904. The zero-order chi connectivity index (χ0) is 34.7. The average molecular weight is 354 g/mol. The number of fused-ring (bicyclic) bond motifs is 3. The normalized spacial score (nSPS) is 48.7. The number of aliphatic hydroxyl groups is 1. The molecule has 3 atom stereocenters. The van der Waals surface area contributed by atoms with Crippen LogP contribution in [0.25, 0.3) is 0 Å². The molecule has 24 heavy (non-hydrogen) atoms. The fraction of sp³-hybridized carbons (Fsp3) is 0.700. The molecule has 0 aromatic heterocycles. The summed E-state index contributed by atoms with van der Waals surface area (Å²) in [6, 6.07) is -0.236. The minimum absolute atomic E-state index is 0.223. The molecule has 3 rings (SSSR count). The maximum Gasteiger partial charge on any atom is 0.161 e. The van der Waals surface area contributed by atoms with E-state index in [-0.39, 0.29) is 10.5 Å². The van der Waals surface area contributed by atoms with E-state index in [4.69, 9.17) is 36.9 Å². The van der Waals surface area contributed by atoms with Gasteiger partial charge in [-0.25, -0.2) is 0 Å².